The van der Waals surface area contributed by atoms with E-state index < -0.39 is 12.1 Å². The minimum atomic E-state index is -0.892. The van der Waals surface area contributed by atoms with Gasteiger partial charge < -0.3 is 20.3 Å². The smallest absolute Gasteiger partial charge is 0.317 e. The van der Waals surface area contributed by atoms with E-state index in [9.17, 15) is 19.7 Å². The van der Waals surface area contributed by atoms with E-state index in [0.29, 0.717) is 25.3 Å². The van der Waals surface area contributed by atoms with E-state index in [4.69, 9.17) is 4.74 Å². The van der Waals surface area contributed by atoms with Crippen LogP contribution in [0.4, 0.5) is 10.6 Å². The molecule has 1 aliphatic heterocycles. The topological polar surface area (TPSA) is 127 Å². The normalized spacial score (nSPS) is 17.0. The Balaban J connectivity index is 1.57. The van der Waals surface area contributed by atoms with Crippen molar-refractivity contribution in [1.29, 1.82) is 0 Å². The fourth-order valence-corrected chi connectivity index (χ4v) is 4.25. The van der Waals surface area contributed by atoms with Gasteiger partial charge in [0.25, 0.3) is 0 Å². The van der Waals surface area contributed by atoms with Gasteiger partial charge in [-0.25, -0.2) is 9.78 Å². The Hall–Kier alpha value is -3.69. The van der Waals surface area contributed by atoms with Crippen molar-refractivity contribution in [3.05, 3.63) is 69.9 Å². The number of nitro groups is 1. The third kappa shape index (κ3) is 6.66. The molecular weight excluding hydrogens is 438 g/mol. The van der Waals surface area contributed by atoms with Gasteiger partial charge in [-0.3, -0.25) is 14.9 Å². The number of methoxy groups -OCH3 is 1. The number of hydrogen-bond donors (Lipinski definition) is 2. The fraction of sp³-hybridized carbons (Fsp3) is 0.458. The lowest BCUT2D eigenvalue weighted by molar-refractivity contribution is -0.524. The van der Waals surface area contributed by atoms with Crippen LogP contribution in [-0.2, 0) is 16.1 Å². The number of ether oxygens (including phenoxy) is 1. The van der Waals surface area contributed by atoms with E-state index in [2.05, 4.69) is 15.6 Å². The van der Waals surface area contributed by atoms with Crippen molar-refractivity contribution >= 4 is 17.8 Å². The molecule has 2 aromatic rings. The Morgan fingerprint density at radius 3 is 2.74 bits per heavy atom. The Kier molecular flexibility index (Phi) is 8.78. The summed E-state index contributed by atoms with van der Waals surface area (Å²) in [5.74, 6) is 0.256. The van der Waals surface area contributed by atoms with Gasteiger partial charge in [-0.2, -0.15) is 0 Å². The Labute approximate surface area is 198 Å². The lowest BCUT2D eigenvalue weighted by atomic mass is 9.90. The van der Waals surface area contributed by atoms with Gasteiger partial charge >= 0.3 is 12.0 Å². The molecule has 1 aromatic carbocycles. The Morgan fingerprint density at radius 2 is 2.03 bits per heavy atom. The van der Waals surface area contributed by atoms with Crippen LogP contribution in [0.5, 0.6) is 0 Å². The maximum Gasteiger partial charge on any atom is 0.317 e. The van der Waals surface area contributed by atoms with Gasteiger partial charge in [0.2, 0.25) is 6.04 Å². The van der Waals surface area contributed by atoms with Crippen molar-refractivity contribution in [1.82, 2.24) is 15.2 Å². The number of anilines is 1. The molecule has 0 bridgehead atoms. The largest absolute Gasteiger partial charge is 0.469 e. The predicted octanol–water partition coefficient (Wildman–Crippen LogP) is 3.18. The standard InChI is InChI=1S/C24H31N5O5/c1-17(27-22-9-5-6-12-25-22)21(29(32)33)10-13-26-24(31)28-14-11-18(15-23(30)34-2)20-8-4-3-7-19(20)16-28/h3-9,12,17-18,21H,10-11,13-16H2,1-2H3,(H,25,27)(H,26,31). The lowest BCUT2D eigenvalue weighted by Gasteiger charge is -2.23. The van der Waals surface area contributed by atoms with Crippen LogP contribution in [0.15, 0.2) is 48.7 Å². The number of rotatable bonds is 9. The molecule has 2 N–H and O–H groups in total. The number of fused-ring (bicyclic) bond motifs is 1. The van der Waals surface area contributed by atoms with Gasteiger partial charge in [0.05, 0.1) is 19.6 Å². The molecule has 182 valence electrons. The van der Waals surface area contributed by atoms with Gasteiger partial charge in [0, 0.05) is 37.2 Å². The molecule has 0 aliphatic carbocycles. The number of hydrogen-bond acceptors (Lipinski definition) is 7. The highest BCUT2D eigenvalue weighted by Gasteiger charge is 2.29. The summed E-state index contributed by atoms with van der Waals surface area (Å²) in [4.78, 5) is 41.9. The molecule has 0 fully saturated rings. The van der Waals surface area contributed by atoms with Crippen molar-refractivity contribution < 1.29 is 19.2 Å². The van der Waals surface area contributed by atoms with Gasteiger partial charge in [0.15, 0.2) is 0 Å². The first-order valence-electron chi connectivity index (χ1n) is 11.4. The van der Waals surface area contributed by atoms with Crippen LogP contribution in [-0.4, -0.2) is 59.1 Å². The molecule has 3 atom stereocenters. The SMILES string of the molecule is COC(=O)CC1CCN(C(=O)NCCC(C(C)Nc2ccccn2)[N+](=O)[O-])Cc2ccccc21. The predicted molar refractivity (Wildman–Crippen MR) is 127 cm³/mol. The highest BCUT2D eigenvalue weighted by molar-refractivity contribution is 5.74. The first kappa shape index (κ1) is 24.9. The van der Waals surface area contributed by atoms with E-state index in [-0.39, 0.29) is 42.2 Å². The van der Waals surface area contributed by atoms with E-state index in [1.54, 1.807) is 36.2 Å². The molecule has 0 saturated carbocycles. The minimum absolute atomic E-state index is 0.0289. The van der Waals surface area contributed by atoms with Crippen molar-refractivity contribution in [2.45, 2.75) is 50.7 Å². The molecule has 0 radical (unpaired) electrons. The number of nitrogens with one attached hydrogen (secondary N) is 2. The molecule has 3 unspecified atom stereocenters. The summed E-state index contributed by atoms with van der Waals surface area (Å²) in [7, 11) is 1.37. The van der Waals surface area contributed by atoms with Crippen molar-refractivity contribution in [2.24, 2.45) is 0 Å². The molecule has 2 amide bonds. The molecule has 0 saturated heterocycles. The summed E-state index contributed by atoms with van der Waals surface area (Å²) in [5, 5.41) is 17.5. The number of urea groups is 1. The van der Waals surface area contributed by atoms with Gasteiger partial charge in [0.1, 0.15) is 5.82 Å². The second-order valence-electron chi connectivity index (χ2n) is 8.41. The van der Waals surface area contributed by atoms with Crippen molar-refractivity contribution in [3.63, 3.8) is 0 Å². The summed E-state index contributed by atoms with van der Waals surface area (Å²) in [6.45, 7) is 2.79. The summed E-state index contributed by atoms with van der Waals surface area (Å²) >= 11 is 0. The minimum Gasteiger partial charge on any atom is -0.469 e. The third-order valence-corrected chi connectivity index (χ3v) is 6.14. The quantitative estimate of drug-likeness (QED) is 0.328. The number of nitrogens with zero attached hydrogens (tertiary/aromatic N) is 3. The zero-order valence-corrected chi connectivity index (χ0v) is 19.5. The van der Waals surface area contributed by atoms with Crippen LogP contribution in [0.1, 0.15) is 43.2 Å². The molecule has 10 heteroatoms. The highest BCUT2D eigenvalue weighted by atomic mass is 16.6. The number of benzene rings is 1. The molecule has 1 aliphatic rings. The number of carbonyl (C=O) groups is 2. The maximum absolute atomic E-state index is 12.9. The monoisotopic (exact) mass is 469 g/mol. The first-order valence-corrected chi connectivity index (χ1v) is 11.4. The number of esters is 1. The number of carbonyl (C=O) groups excluding carboxylic acids is 2. The number of amides is 2. The summed E-state index contributed by atoms with van der Waals surface area (Å²) in [6.07, 6.45) is 2.68. The molecule has 2 heterocycles. The van der Waals surface area contributed by atoms with Crippen LogP contribution in [0.25, 0.3) is 0 Å². The summed E-state index contributed by atoms with van der Waals surface area (Å²) < 4.78 is 4.84. The second-order valence-corrected chi connectivity index (χ2v) is 8.41. The Morgan fingerprint density at radius 1 is 1.26 bits per heavy atom. The fourth-order valence-electron chi connectivity index (χ4n) is 4.25. The first-order chi connectivity index (χ1) is 16.4. The van der Waals surface area contributed by atoms with E-state index in [1.165, 1.54) is 7.11 Å². The zero-order chi connectivity index (χ0) is 24.5. The zero-order valence-electron chi connectivity index (χ0n) is 19.5. The Bertz CT molecular complexity index is 987. The second kappa shape index (κ2) is 12.0. The van der Waals surface area contributed by atoms with Crippen LogP contribution in [0, 0.1) is 10.1 Å². The summed E-state index contributed by atoms with van der Waals surface area (Å²) in [5.41, 5.74) is 2.03. The van der Waals surface area contributed by atoms with Crippen LogP contribution in [0.3, 0.4) is 0 Å². The average Bonchev–Trinajstić information content (AvgIpc) is 3.01. The van der Waals surface area contributed by atoms with Crippen LogP contribution in [0.2, 0.25) is 0 Å². The van der Waals surface area contributed by atoms with Crippen LogP contribution >= 0.6 is 0 Å². The average molecular weight is 470 g/mol. The maximum atomic E-state index is 12.9. The van der Waals surface area contributed by atoms with Gasteiger partial charge in [-0.15, -0.1) is 0 Å². The molecule has 0 spiro atoms. The lowest BCUT2D eigenvalue weighted by Crippen LogP contribution is -2.43. The number of aromatic nitrogens is 1. The van der Waals surface area contributed by atoms with Crippen molar-refractivity contribution in [3.8, 4) is 0 Å². The number of pyridine rings is 1. The summed E-state index contributed by atoms with van der Waals surface area (Å²) in [6, 6.07) is 11.5. The molecule has 1 aromatic heterocycles. The molecule has 34 heavy (non-hydrogen) atoms. The van der Waals surface area contributed by atoms with Gasteiger partial charge in [-0.1, -0.05) is 30.3 Å². The molecule has 10 nitrogen and oxygen atoms in total. The van der Waals surface area contributed by atoms with Crippen molar-refractivity contribution in [2.75, 3.05) is 25.5 Å². The van der Waals surface area contributed by atoms with Gasteiger partial charge in [-0.05, 0) is 42.5 Å². The van der Waals surface area contributed by atoms with E-state index in [0.717, 1.165) is 11.1 Å². The third-order valence-electron chi connectivity index (χ3n) is 6.14. The van der Waals surface area contributed by atoms with E-state index in [1.807, 2.05) is 24.3 Å². The molecular formula is C24H31N5O5. The highest BCUT2D eigenvalue weighted by Crippen LogP contribution is 2.31. The van der Waals surface area contributed by atoms with E-state index >= 15 is 0 Å². The molecule has 3 rings (SSSR count). The van der Waals surface area contributed by atoms with Crippen LogP contribution < -0.4 is 10.6 Å².